The summed E-state index contributed by atoms with van der Waals surface area (Å²) in [7, 11) is -2.13. The van der Waals surface area contributed by atoms with E-state index in [2.05, 4.69) is 25.8 Å². The summed E-state index contributed by atoms with van der Waals surface area (Å²) in [4.78, 5) is 3.58. The molecule has 0 aliphatic heterocycles. The summed E-state index contributed by atoms with van der Waals surface area (Å²) in [6, 6.07) is 1.50. The maximum atomic E-state index is 5.89. The second kappa shape index (κ2) is 8.27. The van der Waals surface area contributed by atoms with Crippen molar-refractivity contribution < 1.29 is 8.85 Å². The summed E-state index contributed by atoms with van der Waals surface area (Å²) in [6.45, 7) is 12.1. The van der Waals surface area contributed by atoms with E-state index in [1.165, 1.54) is 0 Å². The van der Waals surface area contributed by atoms with Gasteiger partial charge in [0.15, 0.2) is 0 Å². The number of rotatable bonds is 9. The molecular formula is C11H27NO2Si. The molecule has 0 aromatic carbocycles. The maximum absolute atomic E-state index is 5.89. The zero-order valence-corrected chi connectivity index (χ0v) is 11.9. The Labute approximate surface area is 95.9 Å². The van der Waals surface area contributed by atoms with Crippen molar-refractivity contribution in [2.45, 2.75) is 59.5 Å². The molecule has 0 saturated heterocycles. The Morgan fingerprint density at radius 1 is 1.07 bits per heavy atom. The van der Waals surface area contributed by atoms with Crippen LogP contribution in [0, 0.1) is 0 Å². The van der Waals surface area contributed by atoms with E-state index in [1.54, 1.807) is 0 Å². The molecule has 0 fully saturated rings. The van der Waals surface area contributed by atoms with Crippen molar-refractivity contribution in [3.63, 3.8) is 0 Å². The largest absolute Gasteiger partial charge is 0.425 e. The maximum Gasteiger partial charge on any atom is 0.425 e. The highest BCUT2D eigenvalue weighted by Crippen LogP contribution is 2.14. The Hall–Kier alpha value is 0.0969. The summed E-state index contributed by atoms with van der Waals surface area (Å²) < 4.78 is 11.8. The first-order valence-electron chi connectivity index (χ1n) is 6.19. The van der Waals surface area contributed by atoms with Crippen LogP contribution in [0.25, 0.3) is 0 Å². The molecule has 0 amide bonds. The van der Waals surface area contributed by atoms with Gasteiger partial charge in [-0.1, -0.05) is 27.2 Å². The molecule has 0 rings (SSSR count). The average Bonchev–Trinajstić information content (AvgIpc) is 2.18. The molecule has 92 valence electrons. The van der Waals surface area contributed by atoms with Crippen LogP contribution in [-0.4, -0.2) is 28.0 Å². The molecule has 0 aliphatic carbocycles. The third kappa shape index (κ3) is 5.66. The van der Waals surface area contributed by atoms with Crippen molar-refractivity contribution in [2.75, 3.05) is 13.2 Å². The van der Waals surface area contributed by atoms with Crippen LogP contribution < -0.4 is 4.98 Å². The van der Waals surface area contributed by atoms with Crippen molar-refractivity contribution in [3.8, 4) is 0 Å². The van der Waals surface area contributed by atoms with Gasteiger partial charge in [0.2, 0.25) is 0 Å². The molecular weight excluding hydrogens is 206 g/mol. The van der Waals surface area contributed by atoms with Gasteiger partial charge in [-0.15, -0.1) is 0 Å². The molecule has 0 radical (unpaired) electrons. The predicted molar refractivity (Wildman–Crippen MR) is 67.0 cm³/mol. The number of hydrogen-bond acceptors (Lipinski definition) is 3. The fourth-order valence-corrected chi connectivity index (χ4v) is 4.84. The van der Waals surface area contributed by atoms with Gasteiger partial charge in [0.05, 0.1) is 0 Å². The Morgan fingerprint density at radius 3 is 1.93 bits per heavy atom. The highest BCUT2D eigenvalue weighted by molar-refractivity contribution is 6.64. The molecule has 0 aliphatic rings. The van der Waals surface area contributed by atoms with Crippen molar-refractivity contribution >= 4 is 8.72 Å². The van der Waals surface area contributed by atoms with Crippen molar-refractivity contribution in [3.05, 3.63) is 0 Å². The lowest BCUT2D eigenvalue weighted by Crippen LogP contribution is -2.59. The van der Waals surface area contributed by atoms with Crippen LogP contribution in [0.2, 0.25) is 6.04 Å². The molecule has 0 spiro atoms. The average molecular weight is 233 g/mol. The summed E-state index contributed by atoms with van der Waals surface area (Å²) in [5.41, 5.74) is 0. The Morgan fingerprint density at radius 2 is 1.60 bits per heavy atom. The lowest BCUT2D eigenvalue weighted by molar-refractivity contribution is 0.166. The summed E-state index contributed by atoms with van der Waals surface area (Å²) >= 11 is 0. The summed E-state index contributed by atoms with van der Waals surface area (Å²) in [6.07, 6.45) is 2.22. The number of nitrogens with one attached hydrogen (secondary N) is 1. The van der Waals surface area contributed by atoms with Gasteiger partial charge in [0.25, 0.3) is 0 Å². The van der Waals surface area contributed by atoms with E-state index in [1.807, 2.05) is 13.8 Å². The smallest absolute Gasteiger partial charge is 0.383 e. The van der Waals surface area contributed by atoms with Crippen LogP contribution >= 0.6 is 0 Å². The third-order valence-corrected chi connectivity index (χ3v) is 6.01. The van der Waals surface area contributed by atoms with E-state index in [9.17, 15) is 0 Å². The quantitative estimate of drug-likeness (QED) is 0.621. The zero-order chi connectivity index (χ0) is 11.7. The van der Waals surface area contributed by atoms with Crippen molar-refractivity contribution in [1.82, 2.24) is 4.98 Å². The second-order valence-corrected chi connectivity index (χ2v) is 6.69. The van der Waals surface area contributed by atoms with Crippen LogP contribution in [0.3, 0.4) is 0 Å². The molecule has 0 aromatic heterocycles. The van der Waals surface area contributed by atoms with Crippen molar-refractivity contribution in [1.29, 1.82) is 0 Å². The summed E-state index contributed by atoms with van der Waals surface area (Å²) in [5.74, 6) is 0. The Kier molecular flexibility index (Phi) is 8.33. The third-order valence-electron chi connectivity index (χ3n) is 2.41. The molecule has 15 heavy (non-hydrogen) atoms. The molecule has 0 saturated carbocycles. The number of hydrogen-bond donors (Lipinski definition) is 1. The molecule has 1 unspecified atom stereocenters. The normalized spacial score (nSPS) is 14.2. The van der Waals surface area contributed by atoms with E-state index >= 15 is 0 Å². The van der Waals surface area contributed by atoms with E-state index in [4.69, 9.17) is 8.85 Å². The second-order valence-electron chi connectivity index (χ2n) is 3.82. The van der Waals surface area contributed by atoms with E-state index < -0.39 is 8.72 Å². The van der Waals surface area contributed by atoms with Gasteiger partial charge < -0.3 is 8.85 Å². The van der Waals surface area contributed by atoms with Gasteiger partial charge >= 0.3 is 8.72 Å². The molecule has 3 nitrogen and oxygen atoms in total. The van der Waals surface area contributed by atoms with Gasteiger partial charge in [-0.2, -0.15) is 0 Å². The fraction of sp³-hybridized carbons (Fsp3) is 1.00. The highest BCUT2D eigenvalue weighted by Gasteiger charge is 2.37. The standard InChI is InChI=1S/C11H27NO2Si/c1-6-10-15(13-8-3,14-9-4)12-11(5)7-2/h11-12H,6-10H2,1-5H3. The van der Waals surface area contributed by atoms with E-state index in [0.29, 0.717) is 6.04 Å². The van der Waals surface area contributed by atoms with Crippen LogP contribution in [0.1, 0.15) is 47.5 Å². The van der Waals surface area contributed by atoms with Crippen LogP contribution in [0.4, 0.5) is 0 Å². The molecule has 1 atom stereocenters. The van der Waals surface area contributed by atoms with Crippen LogP contribution in [0.5, 0.6) is 0 Å². The minimum Gasteiger partial charge on any atom is -0.383 e. The van der Waals surface area contributed by atoms with Crippen LogP contribution in [0.15, 0.2) is 0 Å². The molecule has 0 bridgehead atoms. The molecule has 4 heteroatoms. The van der Waals surface area contributed by atoms with Gasteiger partial charge in [-0.05, 0) is 20.3 Å². The first-order valence-corrected chi connectivity index (χ1v) is 8.22. The minimum absolute atomic E-state index is 0.473. The predicted octanol–water partition coefficient (Wildman–Crippen LogP) is 2.80. The van der Waals surface area contributed by atoms with Gasteiger partial charge in [-0.25, -0.2) is 0 Å². The minimum atomic E-state index is -2.13. The highest BCUT2D eigenvalue weighted by atomic mass is 28.4. The molecule has 0 aromatic rings. The summed E-state index contributed by atoms with van der Waals surface area (Å²) in [5, 5.41) is 0. The first-order chi connectivity index (χ1) is 7.14. The topological polar surface area (TPSA) is 30.5 Å². The lowest BCUT2D eigenvalue weighted by Gasteiger charge is -2.32. The van der Waals surface area contributed by atoms with E-state index in [-0.39, 0.29) is 0 Å². The zero-order valence-electron chi connectivity index (χ0n) is 10.9. The van der Waals surface area contributed by atoms with Crippen molar-refractivity contribution in [2.24, 2.45) is 0 Å². The van der Waals surface area contributed by atoms with E-state index in [0.717, 1.165) is 32.1 Å². The van der Waals surface area contributed by atoms with Crippen LogP contribution in [-0.2, 0) is 8.85 Å². The first kappa shape index (κ1) is 15.1. The lowest BCUT2D eigenvalue weighted by atomic mass is 10.3. The molecule has 1 N–H and O–H groups in total. The van der Waals surface area contributed by atoms with Gasteiger partial charge in [0, 0.05) is 25.3 Å². The van der Waals surface area contributed by atoms with Gasteiger partial charge in [-0.3, -0.25) is 4.98 Å². The van der Waals surface area contributed by atoms with Gasteiger partial charge in [0.1, 0.15) is 0 Å². The SMILES string of the molecule is CCC[Si](NC(C)CC)(OCC)OCC. The Bertz CT molecular complexity index is 139. The molecule has 0 heterocycles. The Balaban J connectivity index is 4.44. The monoisotopic (exact) mass is 233 g/mol. The fourth-order valence-electron chi connectivity index (χ4n) is 1.61.